The van der Waals surface area contributed by atoms with Gasteiger partial charge in [0.05, 0.1) is 6.10 Å². The molecule has 18 heavy (non-hydrogen) atoms. The summed E-state index contributed by atoms with van der Waals surface area (Å²) in [5.41, 5.74) is 0.997. The highest BCUT2D eigenvalue weighted by Crippen LogP contribution is 2.23. The molecule has 1 saturated heterocycles. The highest BCUT2D eigenvalue weighted by molar-refractivity contribution is 5.40. The SMILES string of the molecule is Cc1cc(N2CCC(C)C(O)C2)nc(C(C)C)n1. The monoisotopic (exact) mass is 249 g/mol. The molecule has 0 aromatic carbocycles. The molecular weight excluding hydrogens is 226 g/mol. The Hall–Kier alpha value is -1.16. The number of aliphatic hydroxyl groups is 1. The van der Waals surface area contributed by atoms with Crippen molar-refractivity contribution in [2.24, 2.45) is 5.92 Å². The zero-order chi connectivity index (χ0) is 13.3. The summed E-state index contributed by atoms with van der Waals surface area (Å²) in [4.78, 5) is 11.3. The Balaban J connectivity index is 2.23. The van der Waals surface area contributed by atoms with E-state index in [1.165, 1.54) is 0 Å². The first-order valence-electron chi connectivity index (χ1n) is 6.76. The highest BCUT2D eigenvalue weighted by Gasteiger charge is 2.25. The van der Waals surface area contributed by atoms with Crippen LogP contribution in [0.25, 0.3) is 0 Å². The molecule has 1 aromatic rings. The number of β-amino-alcohol motifs (C(OH)–C–C–N with tert-alkyl or cyclic N) is 1. The zero-order valence-electron chi connectivity index (χ0n) is 11.7. The molecule has 4 nitrogen and oxygen atoms in total. The van der Waals surface area contributed by atoms with Gasteiger partial charge in [0, 0.05) is 30.8 Å². The van der Waals surface area contributed by atoms with Gasteiger partial charge >= 0.3 is 0 Å². The van der Waals surface area contributed by atoms with Gasteiger partial charge < -0.3 is 10.0 Å². The summed E-state index contributed by atoms with van der Waals surface area (Å²) in [7, 11) is 0. The van der Waals surface area contributed by atoms with E-state index in [0.29, 0.717) is 18.4 Å². The number of piperidine rings is 1. The van der Waals surface area contributed by atoms with Gasteiger partial charge in [-0.2, -0.15) is 0 Å². The topological polar surface area (TPSA) is 49.2 Å². The predicted molar refractivity (Wildman–Crippen MR) is 72.9 cm³/mol. The number of nitrogens with zero attached hydrogens (tertiary/aromatic N) is 3. The second-order valence-electron chi connectivity index (χ2n) is 5.66. The normalized spacial score (nSPS) is 24.7. The smallest absolute Gasteiger partial charge is 0.133 e. The molecule has 100 valence electrons. The van der Waals surface area contributed by atoms with Crippen molar-refractivity contribution in [2.45, 2.75) is 46.1 Å². The first-order valence-corrected chi connectivity index (χ1v) is 6.76. The first kappa shape index (κ1) is 13.3. The van der Waals surface area contributed by atoms with Gasteiger partial charge in [-0.3, -0.25) is 0 Å². The van der Waals surface area contributed by atoms with Gasteiger partial charge in [0.15, 0.2) is 0 Å². The standard InChI is InChI=1S/C14H23N3O/c1-9(2)14-15-11(4)7-13(16-14)17-6-5-10(3)12(18)8-17/h7,9-10,12,18H,5-6,8H2,1-4H3. The molecule has 1 N–H and O–H groups in total. The van der Waals surface area contributed by atoms with Gasteiger partial charge in [-0.25, -0.2) is 9.97 Å². The number of aromatic nitrogens is 2. The molecule has 2 unspecified atom stereocenters. The Morgan fingerprint density at radius 2 is 2.11 bits per heavy atom. The zero-order valence-corrected chi connectivity index (χ0v) is 11.7. The second-order valence-corrected chi connectivity index (χ2v) is 5.66. The largest absolute Gasteiger partial charge is 0.391 e. The van der Waals surface area contributed by atoms with E-state index >= 15 is 0 Å². The van der Waals surface area contributed by atoms with Crippen molar-refractivity contribution in [2.75, 3.05) is 18.0 Å². The van der Waals surface area contributed by atoms with Gasteiger partial charge in [-0.15, -0.1) is 0 Å². The molecule has 1 aliphatic rings. The van der Waals surface area contributed by atoms with E-state index in [2.05, 4.69) is 35.6 Å². The minimum absolute atomic E-state index is 0.253. The van der Waals surface area contributed by atoms with Crippen molar-refractivity contribution < 1.29 is 5.11 Å². The molecule has 0 spiro atoms. The lowest BCUT2D eigenvalue weighted by molar-refractivity contribution is 0.102. The van der Waals surface area contributed by atoms with Crippen LogP contribution in [0.3, 0.4) is 0 Å². The van der Waals surface area contributed by atoms with Gasteiger partial charge in [-0.05, 0) is 19.3 Å². The fourth-order valence-corrected chi connectivity index (χ4v) is 2.25. The van der Waals surface area contributed by atoms with Crippen LogP contribution in [0.2, 0.25) is 0 Å². The van der Waals surface area contributed by atoms with E-state index in [4.69, 9.17) is 0 Å². The summed E-state index contributed by atoms with van der Waals surface area (Å²) >= 11 is 0. The van der Waals surface area contributed by atoms with Crippen LogP contribution in [0.4, 0.5) is 5.82 Å². The van der Waals surface area contributed by atoms with Gasteiger partial charge in [0.1, 0.15) is 11.6 Å². The third-order valence-electron chi connectivity index (χ3n) is 3.62. The minimum atomic E-state index is -0.253. The summed E-state index contributed by atoms with van der Waals surface area (Å²) in [6.07, 6.45) is 0.762. The maximum Gasteiger partial charge on any atom is 0.133 e. The molecule has 2 heterocycles. The highest BCUT2D eigenvalue weighted by atomic mass is 16.3. The third kappa shape index (κ3) is 2.80. The third-order valence-corrected chi connectivity index (χ3v) is 3.62. The van der Waals surface area contributed by atoms with E-state index in [1.54, 1.807) is 0 Å². The summed E-state index contributed by atoms with van der Waals surface area (Å²) in [6.45, 7) is 9.95. The van der Waals surface area contributed by atoms with Crippen LogP contribution in [0, 0.1) is 12.8 Å². The minimum Gasteiger partial charge on any atom is -0.391 e. The quantitative estimate of drug-likeness (QED) is 0.872. The molecule has 0 aliphatic carbocycles. The van der Waals surface area contributed by atoms with Gasteiger partial charge in [0.2, 0.25) is 0 Å². The average Bonchev–Trinajstić information content (AvgIpc) is 2.31. The first-order chi connectivity index (χ1) is 8.47. The van der Waals surface area contributed by atoms with E-state index in [1.807, 2.05) is 13.0 Å². The van der Waals surface area contributed by atoms with Crippen LogP contribution in [0.5, 0.6) is 0 Å². The molecule has 0 saturated carbocycles. The van der Waals surface area contributed by atoms with Crippen LogP contribution in [0.1, 0.15) is 44.6 Å². The fraction of sp³-hybridized carbons (Fsp3) is 0.714. The Bertz CT molecular complexity index is 420. The molecule has 1 aliphatic heterocycles. The van der Waals surface area contributed by atoms with Gasteiger partial charge in [0.25, 0.3) is 0 Å². The van der Waals surface area contributed by atoms with Crippen LogP contribution < -0.4 is 4.90 Å². The number of aliphatic hydroxyl groups excluding tert-OH is 1. The number of anilines is 1. The summed E-state index contributed by atoms with van der Waals surface area (Å²) in [6, 6.07) is 2.01. The maximum atomic E-state index is 9.97. The second kappa shape index (κ2) is 5.22. The molecule has 0 radical (unpaired) electrons. The Morgan fingerprint density at radius 1 is 1.39 bits per heavy atom. The molecule has 0 amide bonds. The van der Waals surface area contributed by atoms with E-state index in [9.17, 15) is 5.11 Å². The summed E-state index contributed by atoms with van der Waals surface area (Å²) < 4.78 is 0. The number of rotatable bonds is 2. The average molecular weight is 249 g/mol. The van der Waals surface area contributed by atoms with Crippen molar-refractivity contribution in [3.05, 3.63) is 17.6 Å². The van der Waals surface area contributed by atoms with Crippen molar-refractivity contribution in [3.8, 4) is 0 Å². The Labute approximate surface area is 109 Å². The van der Waals surface area contributed by atoms with Crippen molar-refractivity contribution in [1.29, 1.82) is 0 Å². The molecule has 2 rings (SSSR count). The van der Waals surface area contributed by atoms with E-state index < -0.39 is 0 Å². The number of hydrogen-bond acceptors (Lipinski definition) is 4. The predicted octanol–water partition coefficient (Wildman–Crippen LogP) is 2.12. The maximum absolute atomic E-state index is 9.97. The molecule has 4 heteroatoms. The number of aryl methyl sites for hydroxylation is 1. The Morgan fingerprint density at radius 3 is 2.72 bits per heavy atom. The molecule has 0 bridgehead atoms. The Kier molecular flexibility index (Phi) is 3.85. The van der Waals surface area contributed by atoms with Crippen molar-refractivity contribution in [3.63, 3.8) is 0 Å². The van der Waals surface area contributed by atoms with Crippen molar-refractivity contribution in [1.82, 2.24) is 9.97 Å². The molecule has 1 aromatic heterocycles. The lowest BCUT2D eigenvalue weighted by Crippen LogP contribution is -2.43. The summed E-state index contributed by atoms with van der Waals surface area (Å²) in [5, 5.41) is 9.97. The fourth-order valence-electron chi connectivity index (χ4n) is 2.25. The van der Waals surface area contributed by atoms with Crippen LogP contribution in [0.15, 0.2) is 6.07 Å². The van der Waals surface area contributed by atoms with Crippen molar-refractivity contribution >= 4 is 5.82 Å². The van der Waals surface area contributed by atoms with Crippen LogP contribution in [-0.2, 0) is 0 Å². The van der Waals surface area contributed by atoms with E-state index in [-0.39, 0.29) is 6.10 Å². The molecule has 1 fully saturated rings. The molecule has 2 atom stereocenters. The molecular formula is C14H23N3O. The van der Waals surface area contributed by atoms with Gasteiger partial charge in [-0.1, -0.05) is 20.8 Å². The number of hydrogen-bond donors (Lipinski definition) is 1. The van der Waals surface area contributed by atoms with Crippen LogP contribution >= 0.6 is 0 Å². The lowest BCUT2D eigenvalue weighted by Gasteiger charge is -2.35. The van der Waals surface area contributed by atoms with E-state index in [0.717, 1.165) is 30.3 Å². The summed E-state index contributed by atoms with van der Waals surface area (Å²) in [5.74, 6) is 2.56. The lowest BCUT2D eigenvalue weighted by atomic mass is 9.96. The van der Waals surface area contributed by atoms with Crippen LogP contribution in [-0.4, -0.2) is 34.3 Å².